The van der Waals surface area contributed by atoms with Gasteiger partial charge >= 0.3 is 0 Å². The van der Waals surface area contributed by atoms with Crippen LogP contribution in [0.5, 0.6) is 0 Å². The van der Waals surface area contributed by atoms with Crippen molar-refractivity contribution >= 4 is 0 Å². The molecular formula is C10H24N2O2. The first-order valence-electron chi connectivity index (χ1n) is 5.47. The highest BCUT2D eigenvalue weighted by Gasteiger charge is 1.91. The Bertz CT molecular complexity index is 90.1. The van der Waals surface area contributed by atoms with Crippen LogP contribution in [-0.4, -0.2) is 39.5 Å². The summed E-state index contributed by atoms with van der Waals surface area (Å²) >= 11 is 0. The molecule has 14 heavy (non-hydrogen) atoms. The fraction of sp³-hybridized carbons (Fsp3) is 1.00. The van der Waals surface area contributed by atoms with Crippen molar-refractivity contribution in [2.45, 2.75) is 25.7 Å². The average molecular weight is 204 g/mol. The molecule has 4 N–H and O–H groups in total. The first-order chi connectivity index (χ1) is 6.91. The number of hydrogen-bond donors (Lipinski definition) is 2. The molecule has 0 aliphatic rings. The first-order valence-corrected chi connectivity index (χ1v) is 5.47. The monoisotopic (exact) mass is 204 g/mol. The molecule has 4 heteroatoms. The minimum Gasteiger partial charge on any atom is -0.380 e. The van der Waals surface area contributed by atoms with Crippen molar-refractivity contribution in [2.75, 3.05) is 39.5 Å². The van der Waals surface area contributed by atoms with E-state index in [1.54, 1.807) is 0 Å². The average Bonchev–Trinajstić information content (AvgIpc) is 2.21. The van der Waals surface area contributed by atoms with Crippen LogP contribution < -0.4 is 11.5 Å². The van der Waals surface area contributed by atoms with E-state index in [0.717, 1.165) is 26.1 Å². The molecule has 0 spiro atoms. The van der Waals surface area contributed by atoms with Gasteiger partial charge < -0.3 is 20.9 Å². The molecule has 0 saturated carbocycles. The van der Waals surface area contributed by atoms with Gasteiger partial charge in [-0.2, -0.15) is 0 Å². The van der Waals surface area contributed by atoms with Crippen LogP contribution in [0.3, 0.4) is 0 Å². The van der Waals surface area contributed by atoms with E-state index in [1.807, 2.05) is 0 Å². The van der Waals surface area contributed by atoms with Crippen molar-refractivity contribution in [3.63, 3.8) is 0 Å². The van der Waals surface area contributed by atoms with Gasteiger partial charge in [-0.25, -0.2) is 0 Å². The Labute approximate surface area is 86.9 Å². The Hall–Kier alpha value is -0.160. The molecule has 0 aromatic carbocycles. The van der Waals surface area contributed by atoms with E-state index in [4.69, 9.17) is 20.9 Å². The van der Waals surface area contributed by atoms with Crippen molar-refractivity contribution < 1.29 is 9.47 Å². The van der Waals surface area contributed by atoms with Crippen LogP contribution >= 0.6 is 0 Å². The van der Waals surface area contributed by atoms with Crippen LogP contribution in [0.2, 0.25) is 0 Å². The van der Waals surface area contributed by atoms with Crippen LogP contribution in [0, 0.1) is 0 Å². The molecule has 4 nitrogen and oxygen atoms in total. The summed E-state index contributed by atoms with van der Waals surface area (Å²) in [4.78, 5) is 0. The third-order valence-electron chi connectivity index (χ3n) is 1.85. The molecule has 0 aromatic heterocycles. The zero-order chi connectivity index (χ0) is 10.5. The molecule has 0 radical (unpaired) electrons. The maximum absolute atomic E-state index is 5.29. The number of unbranched alkanes of at least 4 members (excludes halogenated alkanes) is 3. The van der Waals surface area contributed by atoms with Crippen molar-refractivity contribution in [3.05, 3.63) is 0 Å². The molecule has 0 amide bonds. The molecule has 0 aromatic rings. The highest BCUT2D eigenvalue weighted by Crippen LogP contribution is 2.00. The lowest BCUT2D eigenvalue weighted by Crippen LogP contribution is -2.09. The third kappa shape index (κ3) is 11.8. The van der Waals surface area contributed by atoms with E-state index in [9.17, 15) is 0 Å². The van der Waals surface area contributed by atoms with Crippen molar-refractivity contribution in [3.8, 4) is 0 Å². The first kappa shape index (κ1) is 13.8. The minimum atomic E-state index is 0.618. The lowest BCUT2D eigenvalue weighted by molar-refractivity contribution is 0.128. The Morgan fingerprint density at radius 1 is 0.571 bits per heavy atom. The van der Waals surface area contributed by atoms with Gasteiger partial charge in [-0.15, -0.1) is 0 Å². The van der Waals surface area contributed by atoms with E-state index in [1.165, 1.54) is 12.8 Å². The quantitative estimate of drug-likeness (QED) is 0.481. The fourth-order valence-electron chi connectivity index (χ4n) is 1.13. The predicted octanol–water partition coefficient (Wildman–Crippen LogP) is 0.497. The van der Waals surface area contributed by atoms with Gasteiger partial charge in [-0.3, -0.25) is 0 Å². The molecule has 86 valence electrons. The summed E-state index contributed by atoms with van der Waals surface area (Å²) in [7, 11) is 0. The van der Waals surface area contributed by atoms with E-state index in [0.29, 0.717) is 26.3 Å². The van der Waals surface area contributed by atoms with Crippen LogP contribution in [-0.2, 0) is 9.47 Å². The predicted molar refractivity (Wildman–Crippen MR) is 58.2 cm³/mol. The second kappa shape index (κ2) is 12.8. The molecule has 0 aliphatic carbocycles. The van der Waals surface area contributed by atoms with Crippen LogP contribution in [0.4, 0.5) is 0 Å². The largest absolute Gasteiger partial charge is 0.380 e. The molecule has 0 heterocycles. The standard InChI is InChI=1S/C10H24N2O2/c11-5-9-13-7-3-1-2-4-8-14-10-6-12/h1-12H2. The van der Waals surface area contributed by atoms with Gasteiger partial charge in [-0.1, -0.05) is 12.8 Å². The van der Waals surface area contributed by atoms with Crippen molar-refractivity contribution in [1.29, 1.82) is 0 Å². The number of ether oxygens (including phenoxy) is 2. The lowest BCUT2D eigenvalue weighted by Gasteiger charge is -2.03. The Morgan fingerprint density at radius 2 is 1.00 bits per heavy atom. The summed E-state index contributed by atoms with van der Waals surface area (Å²) in [5, 5.41) is 0. The van der Waals surface area contributed by atoms with Gasteiger partial charge in [0.25, 0.3) is 0 Å². The van der Waals surface area contributed by atoms with E-state index >= 15 is 0 Å². The summed E-state index contributed by atoms with van der Waals surface area (Å²) in [6.45, 7) is 4.26. The van der Waals surface area contributed by atoms with Gasteiger partial charge in [0, 0.05) is 26.3 Å². The van der Waals surface area contributed by atoms with Gasteiger partial charge in [-0.05, 0) is 12.8 Å². The summed E-state index contributed by atoms with van der Waals surface area (Å²) in [5.74, 6) is 0. The Kier molecular flexibility index (Phi) is 12.7. The topological polar surface area (TPSA) is 70.5 Å². The second-order valence-electron chi connectivity index (χ2n) is 3.22. The fourth-order valence-corrected chi connectivity index (χ4v) is 1.13. The minimum absolute atomic E-state index is 0.618. The summed E-state index contributed by atoms with van der Waals surface area (Å²) < 4.78 is 10.5. The van der Waals surface area contributed by atoms with E-state index in [-0.39, 0.29) is 0 Å². The van der Waals surface area contributed by atoms with Crippen LogP contribution in [0.25, 0.3) is 0 Å². The Morgan fingerprint density at radius 3 is 1.36 bits per heavy atom. The second-order valence-corrected chi connectivity index (χ2v) is 3.22. The molecule has 0 saturated heterocycles. The summed E-state index contributed by atoms with van der Waals surface area (Å²) in [6.07, 6.45) is 4.65. The highest BCUT2D eigenvalue weighted by molar-refractivity contribution is 4.43. The molecule has 0 rings (SSSR count). The van der Waals surface area contributed by atoms with E-state index < -0.39 is 0 Å². The van der Waals surface area contributed by atoms with Gasteiger partial charge in [0.15, 0.2) is 0 Å². The number of hydrogen-bond acceptors (Lipinski definition) is 4. The van der Waals surface area contributed by atoms with Crippen LogP contribution in [0.15, 0.2) is 0 Å². The van der Waals surface area contributed by atoms with Gasteiger partial charge in [0.2, 0.25) is 0 Å². The zero-order valence-electron chi connectivity index (χ0n) is 9.04. The van der Waals surface area contributed by atoms with Gasteiger partial charge in [0.1, 0.15) is 0 Å². The normalized spacial score (nSPS) is 10.7. The molecule has 0 atom stereocenters. The van der Waals surface area contributed by atoms with Crippen molar-refractivity contribution in [2.24, 2.45) is 11.5 Å². The highest BCUT2D eigenvalue weighted by atomic mass is 16.5. The summed E-state index contributed by atoms with van der Waals surface area (Å²) in [5.41, 5.74) is 10.6. The van der Waals surface area contributed by atoms with Crippen molar-refractivity contribution in [1.82, 2.24) is 0 Å². The maximum Gasteiger partial charge on any atom is 0.0588 e. The maximum atomic E-state index is 5.29. The third-order valence-corrected chi connectivity index (χ3v) is 1.85. The van der Waals surface area contributed by atoms with Crippen LogP contribution in [0.1, 0.15) is 25.7 Å². The smallest absolute Gasteiger partial charge is 0.0588 e. The Balaban J connectivity index is 2.78. The number of nitrogens with two attached hydrogens (primary N) is 2. The molecule has 0 aliphatic heterocycles. The summed E-state index contributed by atoms with van der Waals surface area (Å²) in [6, 6.07) is 0. The number of rotatable bonds is 11. The SMILES string of the molecule is NCCOCCCCCCOCCN. The zero-order valence-corrected chi connectivity index (χ0v) is 9.04. The van der Waals surface area contributed by atoms with Gasteiger partial charge in [0.05, 0.1) is 13.2 Å². The molecule has 0 bridgehead atoms. The van der Waals surface area contributed by atoms with E-state index in [2.05, 4.69) is 0 Å². The molecule has 0 unspecified atom stereocenters. The lowest BCUT2D eigenvalue weighted by atomic mass is 10.2. The molecular weight excluding hydrogens is 180 g/mol. The molecule has 0 fully saturated rings.